The Balaban J connectivity index is 3.59. The largest absolute Gasteiger partial charge is 0.469 e. The molecule has 0 aromatic heterocycles. The summed E-state index contributed by atoms with van der Waals surface area (Å²) in [7, 11) is 1.28. The summed E-state index contributed by atoms with van der Waals surface area (Å²) in [5.41, 5.74) is 0. The van der Waals surface area contributed by atoms with E-state index in [0.29, 0.717) is 12.8 Å². The normalized spacial score (nSPS) is 10.1. The molecular weight excluding hydrogens is 184 g/mol. The molecule has 4 heteroatoms. The molecule has 0 unspecified atom stereocenters. The lowest BCUT2D eigenvalue weighted by Gasteiger charge is -1.95. The molecule has 0 saturated carbocycles. The molecule has 0 bridgehead atoms. The molecule has 0 radical (unpaired) electrons. The standard InChI is InChI=1S/C10H14O4/c1-14-10(13)7-6-9(12)5-3-2-4-8-11/h3,5,8H,2,4,6-7H2,1H3. The quantitative estimate of drug-likeness (QED) is 0.265. The van der Waals surface area contributed by atoms with Crippen LogP contribution >= 0.6 is 0 Å². The topological polar surface area (TPSA) is 60.4 Å². The van der Waals surface area contributed by atoms with Gasteiger partial charge in [0.25, 0.3) is 0 Å². The maximum Gasteiger partial charge on any atom is 0.305 e. The van der Waals surface area contributed by atoms with Crippen LogP contribution in [0.15, 0.2) is 12.2 Å². The Hall–Kier alpha value is -1.45. The first-order chi connectivity index (χ1) is 6.70. The number of allylic oxidation sites excluding steroid dienone is 2. The minimum absolute atomic E-state index is 0.105. The molecule has 0 rings (SSSR count). The third kappa shape index (κ3) is 7.21. The number of unbranched alkanes of at least 4 members (excludes halogenated alkanes) is 1. The Morgan fingerprint density at radius 1 is 1.21 bits per heavy atom. The summed E-state index contributed by atoms with van der Waals surface area (Å²) >= 11 is 0. The van der Waals surface area contributed by atoms with E-state index >= 15 is 0 Å². The molecule has 0 saturated heterocycles. The van der Waals surface area contributed by atoms with E-state index in [0.717, 1.165) is 6.29 Å². The van der Waals surface area contributed by atoms with Crippen LogP contribution in [0.4, 0.5) is 0 Å². The molecule has 0 aliphatic heterocycles. The molecule has 0 atom stereocenters. The molecule has 0 amide bonds. The molecule has 0 aliphatic carbocycles. The number of hydrogen-bond acceptors (Lipinski definition) is 4. The number of aldehydes is 1. The predicted octanol–water partition coefficient (Wildman–Crippen LogP) is 1.04. The summed E-state index contributed by atoms with van der Waals surface area (Å²) in [6.07, 6.45) is 5.07. The van der Waals surface area contributed by atoms with Gasteiger partial charge in [-0.25, -0.2) is 0 Å². The molecule has 78 valence electrons. The zero-order valence-electron chi connectivity index (χ0n) is 8.19. The minimum Gasteiger partial charge on any atom is -0.469 e. The van der Waals surface area contributed by atoms with Crippen molar-refractivity contribution in [3.63, 3.8) is 0 Å². The van der Waals surface area contributed by atoms with Crippen molar-refractivity contribution in [3.05, 3.63) is 12.2 Å². The van der Waals surface area contributed by atoms with Gasteiger partial charge in [0, 0.05) is 12.8 Å². The van der Waals surface area contributed by atoms with Gasteiger partial charge in [-0.1, -0.05) is 6.08 Å². The molecule has 4 nitrogen and oxygen atoms in total. The van der Waals surface area contributed by atoms with Crippen molar-refractivity contribution in [2.45, 2.75) is 25.7 Å². The van der Waals surface area contributed by atoms with Crippen LogP contribution in [0.3, 0.4) is 0 Å². The Labute approximate surface area is 82.9 Å². The van der Waals surface area contributed by atoms with Crippen molar-refractivity contribution < 1.29 is 19.1 Å². The van der Waals surface area contributed by atoms with Crippen molar-refractivity contribution in [2.75, 3.05) is 7.11 Å². The number of ether oxygens (including phenoxy) is 1. The second-order valence-electron chi connectivity index (χ2n) is 2.69. The Bertz CT molecular complexity index is 230. The van der Waals surface area contributed by atoms with Crippen LogP contribution < -0.4 is 0 Å². The lowest BCUT2D eigenvalue weighted by Crippen LogP contribution is -2.03. The van der Waals surface area contributed by atoms with Gasteiger partial charge in [0.15, 0.2) is 5.78 Å². The summed E-state index contributed by atoms with van der Waals surface area (Å²) in [4.78, 5) is 31.6. The zero-order valence-corrected chi connectivity index (χ0v) is 8.19. The molecule has 0 heterocycles. The van der Waals surface area contributed by atoms with Gasteiger partial charge in [0.1, 0.15) is 6.29 Å². The van der Waals surface area contributed by atoms with Crippen LogP contribution in [0.5, 0.6) is 0 Å². The molecular formula is C10H14O4. The predicted molar refractivity (Wildman–Crippen MR) is 50.7 cm³/mol. The summed E-state index contributed by atoms with van der Waals surface area (Å²) in [6, 6.07) is 0. The average molecular weight is 198 g/mol. The van der Waals surface area contributed by atoms with Gasteiger partial charge in [-0.2, -0.15) is 0 Å². The fourth-order valence-corrected chi connectivity index (χ4v) is 0.790. The highest BCUT2D eigenvalue weighted by Gasteiger charge is 2.03. The lowest BCUT2D eigenvalue weighted by atomic mass is 10.2. The number of ketones is 1. The van der Waals surface area contributed by atoms with Crippen LogP contribution in [0.2, 0.25) is 0 Å². The van der Waals surface area contributed by atoms with Crippen molar-refractivity contribution in [2.24, 2.45) is 0 Å². The highest BCUT2D eigenvalue weighted by molar-refractivity contribution is 5.91. The fraction of sp³-hybridized carbons (Fsp3) is 0.500. The second kappa shape index (κ2) is 8.16. The van der Waals surface area contributed by atoms with E-state index in [1.54, 1.807) is 6.08 Å². The third-order valence-corrected chi connectivity index (χ3v) is 1.56. The van der Waals surface area contributed by atoms with E-state index in [1.165, 1.54) is 13.2 Å². The van der Waals surface area contributed by atoms with E-state index in [2.05, 4.69) is 4.74 Å². The van der Waals surface area contributed by atoms with Crippen LogP contribution in [0, 0.1) is 0 Å². The van der Waals surface area contributed by atoms with Crippen molar-refractivity contribution in [1.29, 1.82) is 0 Å². The molecule has 0 aromatic rings. The van der Waals surface area contributed by atoms with Gasteiger partial charge in [0.2, 0.25) is 0 Å². The molecule has 0 aromatic carbocycles. The highest BCUT2D eigenvalue weighted by Crippen LogP contribution is 1.96. The smallest absolute Gasteiger partial charge is 0.305 e. The van der Waals surface area contributed by atoms with E-state index in [-0.39, 0.29) is 24.6 Å². The summed E-state index contributed by atoms with van der Waals surface area (Å²) < 4.78 is 4.38. The zero-order chi connectivity index (χ0) is 10.8. The third-order valence-electron chi connectivity index (χ3n) is 1.56. The van der Waals surface area contributed by atoms with Gasteiger partial charge in [-0.15, -0.1) is 0 Å². The molecule has 0 aliphatic rings. The van der Waals surface area contributed by atoms with Crippen LogP contribution in [-0.4, -0.2) is 25.1 Å². The molecule has 0 N–H and O–H groups in total. The lowest BCUT2D eigenvalue weighted by molar-refractivity contribution is -0.141. The van der Waals surface area contributed by atoms with Crippen molar-refractivity contribution >= 4 is 18.0 Å². The van der Waals surface area contributed by atoms with Gasteiger partial charge < -0.3 is 9.53 Å². The van der Waals surface area contributed by atoms with E-state index in [4.69, 9.17) is 0 Å². The molecule has 14 heavy (non-hydrogen) atoms. The number of hydrogen-bond donors (Lipinski definition) is 0. The van der Waals surface area contributed by atoms with E-state index < -0.39 is 0 Å². The Morgan fingerprint density at radius 3 is 2.50 bits per heavy atom. The first kappa shape index (κ1) is 12.6. The monoisotopic (exact) mass is 198 g/mol. The highest BCUT2D eigenvalue weighted by atomic mass is 16.5. The van der Waals surface area contributed by atoms with Crippen molar-refractivity contribution in [1.82, 2.24) is 0 Å². The van der Waals surface area contributed by atoms with Gasteiger partial charge in [-0.3, -0.25) is 9.59 Å². The SMILES string of the molecule is COC(=O)CCC(=O)C=CCCC=O. The number of carbonyl (C=O) groups excluding carboxylic acids is 3. The van der Waals surface area contributed by atoms with E-state index in [9.17, 15) is 14.4 Å². The fourth-order valence-electron chi connectivity index (χ4n) is 0.790. The molecule has 0 fully saturated rings. The van der Waals surface area contributed by atoms with Crippen LogP contribution in [-0.2, 0) is 19.1 Å². The minimum atomic E-state index is -0.389. The summed E-state index contributed by atoms with van der Waals surface area (Å²) in [5.74, 6) is -0.513. The summed E-state index contributed by atoms with van der Waals surface area (Å²) in [5, 5.41) is 0. The van der Waals surface area contributed by atoms with Crippen molar-refractivity contribution in [3.8, 4) is 0 Å². The Morgan fingerprint density at radius 2 is 1.93 bits per heavy atom. The number of carbonyl (C=O) groups is 3. The first-order valence-corrected chi connectivity index (χ1v) is 4.40. The van der Waals surface area contributed by atoms with Gasteiger partial charge in [-0.05, 0) is 12.5 Å². The van der Waals surface area contributed by atoms with Gasteiger partial charge in [0.05, 0.1) is 13.5 Å². The molecule has 0 spiro atoms. The number of esters is 1. The number of rotatable bonds is 7. The second-order valence-corrected chi connectivity index (χ2v) is 2.69. The summed E-state index contributed by atoms with van der Waals surface area (Å²) in [6.45, 7) is 0. The van der Waals surface area contributed by atoms with E-state index in [1.807, 2.05) is 0 Å². The maximum atomic E-state index is 11.0. The van der Waals surface area contributed by atoms with Crippen LogP contribution in [0.1, 0.15) is 25.7 Å². The first-order valence-electron chi connectivity index (χ1n) is 4.40. The average Bonchev–Trinajstić information content (AvgIpc) is 2.21. The number of methoxy groups -OCH3 is 1. The Kier molecular flexibility index (Phi) is 7.32. The van der Waals surface area contributed by atoms with Gasteiger partial charge >= 0.3 is 5.97 Å². The maximum absolute atomic E-state index is 11.0. The van der Waals surface area contributed by atoms with Crippen LogP contribution in [0.25, 0.3) is 0 Å².